The van der Waals surface area contributed by atoms with Crippen molar-refractivity contribution in [2.75, 3.05) is 7.11 Å². The third kappa shape index (κ3) is 2.75. The molecule has 0 bridgehead atoms. The molecule has 0 saturated heterocycles. The number of hydrogen-bond acceptors (Lipinski definition) is 4. The second kappa shape index (κ2) is 6.09. The van der Waals surface area contributed by atoms with Crippen molar-refractivity contribution in [1.82, 2.24) is 15.2 Å². The van der Waals surface area contributed by atoms with E-state index < -0.39 is 11.6 Å². The number of H-pyrrole nitrogens is 1. The van der Waals surface area contributed by atoms with Gasteiger partial charge in [0.1, 0.15) is 5.82 Å². The van der Waals surface area contributed by atoms with Crippen LogP contribution in [0.4, 0.5) is 8.78 Å². The number of rotatable bonds is 3. The highest BCUT2D eigenvalue weighted by Crippen LogP contribution is 2.38. The lowest BCUT2D eigenvalue weighted by atomic mass is 10.1. The number of aromatic nitrogens is 3. The van der Waals surface area contributed by atoms with Crippen LogP contribution >= 0.6 is 22.9 Å². The van der Waals surface area contributed by atoms with E-state index in [1.807, 2.05) is 12.1 Å². The zero-order valence-corrected chi connectivity index (χ0v) is 14.4. The molecule has 0 aliphatic heterocycles. The van der Waals surface area contributed by atoms with Gasteiger partial charge < -0.3 is 4.74 Å². The van der Waals surface area contributed by atoms with Gasteiger partial charge in [0.2, 0.25) is 0 Å². The predicted molar refractivity (Wildman–Crippen MR) is 94.1 cm³/mol. The molecule has 0 aliphatic carbocycles. The van der Waals surface area contributed by atoms with Gasteiger partial charge in [0, 0.05) is 33.7 Å². The van der Waals surface area contributed by atoms with Crippen molar-refractivity contribution in [3.8, 4) is 27.4 Å². The van der Waals surface area contributed by atoms with Crippen LogP contribution in [0.5, 0.6) is 5.75 Å². The third-order valence-corrected chi connectivity index (χ3v) is 5.03. The molecule has 4 rings (SSSR count). The Balaban J connectivity index is 1.94. The number of ether oxygens (including phenoxy) is 1. The first-order chi connectivity index (χ1) is 12.1. The fourth-order valence-electron chi connectivity index (χ4n) is 2.66. The van der Waals surface area contributed by atoms with Gasteiger partial charge in [0.05, 0.1) is 17.1 Å². The molecule has 1 aromatic carbocycles. The van der Waals surface area contributed by atoms with E-state index >= 15 is 0 Å². The fraction of sp³-hybridized carbons (Fsp3) is 0.0588. The molecule has 3 aromatic heterocycles. The van der Waals surface area contributed by atoms with Crippen LogP contribution in [-0.2, 0) is 0 Å². The van der Waals surface area contributed by atoms with Crippen molar-refractivity contribution >= 4 is 34.0 Å². The molecule has 0 amide bonds. The summed E-state index contributed by atoms with van der Waals surface area (Å²) in [5.74, 6) is -1.55. The number of nitrogens with zero attached hydrogens (tertiary/aromatic N) is 2. The second-order valence-electron chi connectivity index (χ2n) is 5.27. The van der Waals surface area contributed by atoms with Crippen LogP contribution < -0.4 is 4.74 Å². The topological polar surface area (TPSA) is 50.8 Å². The van der Waals surface area contributed by atoms with Crippen LogP contribution in [-0.4, -0.2) is 22.3 Å². The van der Waals surface area contributed by atoms with Gasteiger partial charge >= 0.3 is 0 Å². The van der Waals surface area contributed by atoms with Gasteiger partial charge in [-0.25, -0.2) is 13.8 Å². The molecular formula is C17H10ClF2N3OS. The summed E-state index contributed by atoms with van der Waals surface area (Å²) in [6.45, 7) is 0. The molecule has 1 N–H and O–H groups in total. The Bertz CT molecular complexity index is 1090. The molecule has 8 heteroatoms. The number of thiophene rings is 1. The maximum atomic E-state index is 14.0. The number of methoxy groups -OCH3 is 1. The number of pyridine rings is 1. The van der Waals surface area contributed by atoms with E-state index in [1.165, 1.54) is 24.5 Å². The number of benzene rings is 1. The molecular weight excluding hydrogens is 368 g/mol. The SMILES string of the molecule is COc1c(F)cc(F)cc1-c1[nH]nc2ncc(-c3ccc(Cl)s3)cc12. The van der Waals surface area contributed by atoms with Crippen molar-refractivity contribution < 1.29 is 13.5 Å². The number of nitrogens with one attached hydrogen (secondary N) is 1. The maximum Gasteiger partial charge on any atom is 0.181 e. The van der Waals surface area contributed by atoms with Crippen LogP contribution in [0.2, 0.25) is 4.34 Å². The fourth-order valence-corrected chi connectivity index (χ4v) is 3.69. The van der Waals surface area contributed by atoms with Gasteiger partial charge in [-0.15, -0.1) is 11.3 Å². The molecule has 25 heavy (non-hydrogen) atoms. The minimum absolute atomic E-state index is 0.0588. The summed E-state index contributed by atoms with van der Waals surface area (Å²) in [5.41, 5.74) is 1.95. The highest BCUT2D eigenvalue weighted by molar-refractivity contribution is 7.19. The molecule has 0 fully saturated rings. The average molecular weight is 378 g/mol. The zero-order chi connectivity index (χ0) is 17.6. The van der Waals surface area contributed by atoms with Crippen LogP contribution in [0, 0.1) is 11.6 Å². The summed E-state index contributed by atoms with van der Waals surface area (Å²) in [4.78, 5) is 5.24. The van der Waals surface area contributed by atoms with E-state index in [0.29, 0.717) is 21.1 Å². The third-order valence-electron chi connectivity index (χ3n) is 3.75. The second-order valence-corrected chi connectivity index (χ2v) is 6.98. The van der Waals surface area contributed by atoms with Gasteiger partial charge in [-0.3, -0.25) is 5.10 Å². The van der Waals surface area contributed by atoms with Gasteiger partial charge in [-0.05, 0) is 24.3 Å². The summed E-state index contributed by atoms with van der Waals surface area (Å²) < 4.78 is 33.5. The van der Waals surface area contributed by atoms with Crippen molar-refractivity contribution in [2.45, 2.75) is 0 Å². The predicted octanol–water partition coefficient (Wildman–Crippen LogP) is 5.29. The Labute approximate surface area is 150 Å². The van der Waals surface area contributed by atoms with Crippen molar-refractivity contribution in [3.63, 3.8) is 0 Å². The smallest absolute Gasteiger partial charge is 0.181 e. The molecule has 126 valence electrons. The van der Waals surface area contributed by atoms with Gasteiger partial charge in [-0.1, -0.05) is 11.6 Å². The lowest BCUT2D eigenvalue weighted by molar-refractivity contribution is 0.386. The summed E-state index contributed by atoms with van der Waals surface area (Å²) in [7, 11) is 1.33. The lowest BCUT2D eigenvalue weighted by Gasteiger charge is -2.09. The van der Waals surface area contributed by atoms with Crippen molar-refractivity contribution in [1.29, 1.82) is 0 Å². The van der Waals surface area contributed by atoms with Gasteiger partial charge in [-0.2, -0.15) is 5.10 Å². The molecule has 0 saturated carbocycles. The van der Waals surface area contributed by atoms with Crippen LogP contribution in [0.3, 0.4) is 0 Å². The molecule has 3 heterocycles. The molecule has 0 radical (unpaired) electrons. The number of halogens is 3. The summed E-state index contributed by atoms with van der Waals surface area (Å²) in [5, 5.41) is 7.54. The molecule has 0 spiro atoms. The summed E-state index contributed by atoms with van der Waals surface area (Å²) >= 11 is 7.41. The molecule has 0 unspecified atom stereocenters. The Kier molecular flexibility index (Phi) is 3.89. The zero-order valence-electron chi connectivity index (χ0n) is 12.8. The Morgan fingerprint density at radius 1 is 1.20 bits per heavy atom. The first kappa shape index (κ1) is 16.0. The van der Waals surface area contributed by atoms with Crippen molar-refractivity contribution in [3.05, 3.63) is 52.5 Å². The van der Waals surface area contributed by atoms with E-state index in [2.05, 4.69) is 15.2 Å². The first-order valence-corrected chi connectivity index (χ1v) is 8.39. The monoisotopic (exact) mass is 377 g/mol. The molecule has 0 aliphatic rings. The Morgan fingerprint density at radius 2 is 2.04 bits per heavy atom. The van der Waals surface area contributed by atoms with E-state index in [-0.39, 0.29) is 11.3 Å². The van der Waals surface area contributed by atoms with E-state index in [0.717, 1.165) is 16.5 Å². The minimum Gasteiger partial charge on any atom is -0.493 e. The average Bonchev–Trinajstić information content (AvgIpc) is 3.19. The Hall–Kier alpha value is -2.51. The van der Waals surface area contributed by atoms with Crippen molar-refractivity contribution in [2.24, 2.45) is 0 Å². The standard InChI is InChI=1S/C17H10ClF2N3OS/c1-24-16-10(5-9(19)6-12(16)20)15-11-4-8(7-21-17(11)23-22-15)13-2-3-14(18)25-13/h2-7H,1H3,(H,21,22,23). The quantitative estimate of drug-likeness (QED) is 0.527. The van der Waals surface area contributed by atoms with Gasteiger partial charge in [0.15, 0.2) is 17.2 Å². The minimum atomic E-state index is -0.783. The largest absolute Gasteiger partial charge is 0.493 e. The molecule has 4 nitrogen and oxygen atoms in total. The number of fused-ring (bicyclic) bond motifs is 1. The highest BCUT2D eigenvalue weighted by Gasteiger charge is 2.19. The summed E-state index contributed by atoms with van der Waals surface area (Å²) in [6.07, 6.45) is 1.68. The Morgan fingerprint density at radius 3 is 2.76 bits per heavy atom. The molecule has 4 aromatic rings. The maximum absolute atomic E-state index is 14.0. The van der Waals surface area contributed by atoms with E-state index in [4.69, 9.17) is 16.3 Å². The molecule has 0 atom stereocenters. The van der Waals surface area contributed by atoms with E-state index in [9.17, 15) is 8.78 Å². The van der Waals surface area contributed by atoms with Crippen LogP contribution in [0.15, 0.2) is 36.5 Å². The lowest BCUT2D eigenvalue weighted by Crippen LogP contribution is -1.94. The number of aromatic amines is 1. The number of hydrogen-bond donors (Lipinski definition) is 1. The highest BCUT2D eigenvalue weighted by atomic mass is 35.5. The normalized spacial score (nSPS) is 11.2. The van der Waals surface area contributed by atoms with E-state index in [1.54, 1.807) is 12.3 Å². The summed E-state index contributed by atoms with van der Waals surface area (Å²) in [6, 6.07) is 7.51. The first-order valence-electron chi connectivity index (χ1n) is 7.20. The van der Waals surface area contributed by atoms with Gasteiger partial charge in [0.25, 0.3) is 0 Å². The van der Waals surface area contributed by atoms with Crippen LogP contribution in [0.1, 0.15) is 0 Å². The van der Waals surface area contributed by atoms with Crippen LogP contribution in [0.25, 0.3) is 32.7 Å².